The van der Waals surface area contributed by atoms with E-state index in [-0.39, 0.29) is 16.9 Å². The lowest BCUT2D eigenvalue weighted by atomic mass is 9.81. The Morgan fingerprint density at radius 2 is 1.71 bits per heavy atom. The summed E-state index contributed by atoms with van der Waals surface area (Å²) >= 11 is 0. The van der Waals surface area contributed by atoms with E-state index in [0.717, 1.165) is 5.56 Å². The van der Waals surface area contributed by atoms with Crippen molar-refractivity contribution >= 4 is 22.6 Å². The lowest BCUT2D eigenvalue weighted by Gasteiger charge is -2.08. The minimum Gasteiger partial charge on any atom is -0.423 e. The van der Waals surface area contributed by atoms with Crippen LogP contribution in [-0.2, 0) is 16.4 Å². The van der Waals surface area contributed by atoms with Crippen LogP contribution in [0.25, 0.3) is 0 Å². The molecule has 0 fully saturated rings. The zero-order valence-electron chi connectivity index (χ0n) is 11.3. The topological polar surface area (TPSA) is 86.6 Å². The molecule has 2 aromatic carbocycles. The molecule has 0 aliphatic rings. The van der Waals surface area contributed by atoms with Crippen molar-refractivity contribution in [3.63, 3.8) is 0 Å². The van der Waals surface area contributed by atoms with Crippen molar-refractivity contribution in [3.8, 4) is 0 Å². The molecule has 21 heavy (non-hydrogen) atoms. The van der Waals surface area contributed by atoms with Crippen molar-refractivity contribution in [2.24, 2.45) is 0 Å². The van der Waals surface area contributed by atoms with Gasteiger partial charge in [-0.15, -0.1) is 0 Å². The van der Waals surface area contributed by atoms with E-state index in [1.54, 1.807) is 0 Å². The molecule has 0 atom stereocenters. The van der Waals surface area contributed by atoms with E-state index in [0.29, 0.717) is 6.42 Å². The Kier molecular flexibility index (Phi) is 5.14. The number of hydrogen-bond donors (Lipinski definition) is 3. The van der Waals surface area contributed by atoms with Gasteiger partial charge < -0.3 is 10.0 Å². The van der Waals surface area contributed by atoms with Crippen LogP contribution in [0.5, 0.6) is 0 Å². The van der Waals surface area contributed by atoms with Gasteiger partial charge in [-0.3, -0.25) is 0 Å². The number of sulfonamides is 1. The molecule has 0 heterocycles. The van der Waals surface area contributed by atoms with Crippen molar-refractivity contribution in [2.45, 2.75) is 11.3 Å². The summed E-state index contributed by atoms with van der Waals surface area (Å²) in [4.78, 5) is 0.0150. The van der Waals surface area contributed by atoms with Gasteiger partial charge in [0.05, 0.1) is 4.90 Å². The van der Waals surface area contributed by atoms with Crippen LogP contribution in [0.15, 0.2) is 59.5 Å². The number of rotatable bonds is 6. The van der Waals surface area contributed by atoms with Crippen LogP contribution in [-0.4, -0.2) is 32.1 Å². The molecule has 0 saturated carbocycles. The largest absolute Gasteiger partial charge is 0.488 e. The predicted octanol–water partition coefficient (Wildman–Crippen LogP) is -0.113. The average molecular weight is 305 g/mol. The zero-order valence-corrected chi connectivity index (χ0v) is 12.1. The van der Waals surface area contributed by atoms with Crippen molar-refractivity contribution in [2.75, 3.05) is 6.54 Å². The number of benzene rings is 2. The van der Waals surface area contributed by atoms with E-state index in [9.17, 15) is 8.42 Å². The van der Waals surface area contributed by atoms with Gasteiger partial charge in [-0.2, -0.15) is 0 Å². The third-order valence-corrected chi connectivity index (χ3v) is 4.47. The van der Waals surface area contributed by atoms with Gasteiger partial charge in [0.25, 0.3) is 0 Å². The summed E-state index contributed by atoms with van der Waals surface area (Å²) in [5, 5.41) is 18.2. The maximum Gasteiger partial charge on any atom is 0.488 e. The van der Waals surface area contributed by atoms with Crippen LogP contribution in [0.1, 0.15) is 5.56 Å². The Labute approximate surface area is 124 Å². The second-order valence-electron chi connectivity index (χ2n) is 4.58. The molecule has 0 bridgehead atoms. The van der Waals surface area contributed by atoms with Gasteiger partial charge >= 0.3 is 7.12 Å². The van der Waals surface area contributed by atoms with Crippen LogP contribution in [0.2, 0.25) is 0 Å². The summed E-state index contributed by atoms with van der Waals surface area (Å²) in [5.74, 6) is 0. The van der Waals surface area contributed by atoms with Crippen molar-refractivity contribution in [3.05, 3.63) is 60.2 Å². The summed E-state index contributed by atoms with van der Waals surface area (Å²) in [5.41, 5.74) is 1.18. The molecule has 7 heteroatoms. The van der Waals surface area contributed by atoms with Crippen LogP contribution in [0, 0.1) is 0 Å². The minimum absolute atomic E-state index is 0.0150. The van der Waals surface area contributed by atoms with Crippen LogP contribution < -0.4 is 10.2 Å². The first-order valence-corrected chi connectivity index (χ1v) is 7.97. The van der Waals surface area contributed by atoms with E-state index < -0.39 is 17.1 Å². The molecule has 110 valence electrons. The highest BCUT2D eigenvalue weighted by Crippen LogP contribution is 2.07. The fraction of sp³-hybridized carbons (Fsp3) is 0.143. The van der Waals surface area contributed by atoms with Crippen molar-refractivity contribution in [1.82, 2.24) is 4.72 Å². The van der Waals surface area contributed by atoms with Gasteiger partial charge in [-0.05, 0) is 29.6 Å². The zero-order chi connectivity index (χ0) is 15.3. The molecule has 0 saturated heterocycles. The van der Waals surface area contributed by atoms with E-state index in [1.165, 1.54) is 24.3 Å². The molecule has 0 aliphatic heterocycles. The smallest absolute Gasteiger partial charge is 0.423 e. The molecule has 3 N–H and O–H groups in total. The first-order chi connectivity index (χ1) is 9.99. The summed E-state index contributed by atoms with van der Waals surface area (Å²) in [6.07, 6.45) is 0.586. The SMILES string of the molecule is O=S(=O)(NCCc1ccccc1)c1cccc(B(O)O)c1. The van der Waals surface area contributed by atoms with E-state index in [4.69, 9.17) is 10.0 Å². The summed E-state index contributed by atoms with van der Waals surface area (Å²) in [6, 6.07) is 15.1. The predicted molar refractivity (Wildman–Crippen MR) is 81.6 cm³/mol. The molecule has 2 rings (SSSR count). The summed E-state index contributed by atoms with van der Waals surface area (Å²) in [7, 11) is -5.35. The van der Waals surface area contributed by atoms with Gasteiger partial charge in [0.2, 0.25) is 10.0 Å². The molecular formula is C14H16BNO4S. The molecule has 0 unspecified atom stereocenters. The fourth-order valence-corrected chi connectivity index (χ4v) is 2.99. The lowest BCUT2D eigenvalue weighted by molar-refractivity contribution is 0.425. The van der Waals surface area contributed by atoms with Crippen molar-refractivity contribution in [1.29, 1.82) is 0 Å². The molecule has 0 aromatic heterocycles. The molecule has 0 spiro atoms. The third-order valence-electron chi connectivity index (χ3n) is 3.02. The van der Waals surface area contributed by atoms with Crippen LogP contribution in [0.4, 0.5) is 0 Å². The quantitative estimate of drug-likeness (QED) is 0.650. The summed E-state index contributed by atoms with van der Waals surface area (Å²) in [6.45, 7) is 0.276. The highest BCUT2D eigenvalue weighted by atomic mass is 32.2. The summed E-state index contributed by atoms with van der Waals surface area (Å²) < 4.78 is 26.7. The minimum atomic E-state index is -3.66. The van der Waals surface area contributed by atoms with Gasteiger partial charge in [0.1, 0.15) is 0 Å². The Hall–Kier alpha value is -1.67. The van der Waals surface area contributed by atoms with Crippen LogP contribution >= 0.6 is 0 Å². The molecular weight excluding hydrogens is 289 g/mol. The second kappa shape index (κ2) is 6.86. The molecule has 2 aromatic rings. The first-order valence-electron chi connectivity index (χ1n) is 6.49. The van der Waals surface area contributed by atoms with E-state index in [1.807, 2.05) is 30.3 Å². The van der Waals surface area contributed by atoms with Gasteiger partial charge in [0.15, 0.2) is 0 Å². The third kappa shape index (κ3) is 4.40. The lowest BCUT2D eigenvalue weighted by Crippen LogP contribution is -2.32. The molecule has 0 radical (unpaired) electrons. The molecule has 0 amide bonds. The van der Waals surface area contributed by atoms with E-state index in [2.05, 4.69) is 4.72 Å². The maximum atomic E-state index is 12.1. The standard InChI is InChI=1S/C14H16BNO4S/c17-15(18)13-7-4-8-14(11-13)21(19,20)16-10-9-12-5-2-1-3-6-12/h1-8,11,16-18H,9-10H2. The highest BCUT2D eigenvalue weighted by molar-refractivity contribution is 7.89. The fourth-order valence-electron chi connectivity index (χ4n) is 1.90. The van der Waals surface area contributed by atoms with Crippen molar-refractivity contribution < 1.29 is 18.5 Å². The van der Waals surface area contributed by atoms with Gasteiger partial charge in [-0.1, -0.05) is 42.5 Å². The maximum absolute atomic E-state index is 12.1. The molecule has 0 aliphatic carbocycles. The van der Waals surface area contributed by atoms with Gasteiger partial charge in [0, 0.05) is 6.54 Å². The molecule has 5 nitrogen and oxygen atoms in total. The first kappa shape index (κ1) is 15.7. The Bertz CT molecular complexity index is 689. The van der Waals surface area contributed by atoms with E-state index >= 15 is 0 Å². The average Bonchev–Trinajstić information content (AvgIpc) is 2.48. The monoisotopic (exact) mass is 305 g/mol. The Balaban J connectivity index is 2.03. The normalized spacial score (nSPS) is 11.3. The second-order valence-corrected chi connectivity index (χ2v) is 6.35. The Morgan fingerprint density at radius 3 is 2.38 bits per heavy atom. The van der Waals surface area contributed by atoms with Gasteiger partial charge in [-0.25, -0.2) is 13.1 Å². The number of nitrogens with one attached hydrogen (secondary N) is 1. The number of hydrogen-bond acceptors (Lipinski definition) is 4. The Morgan fingerprint density at radius 1 is 1.00 bits per heavy atom. The highest BCUT2D eigenvalue weighted by Gasteiger charge is 2.17. The van der Waals surface area contributed by atoms with Crippen LogP contribution in [0.3, 0.4) is 0 Å².